The fourth-order valence-corrected chi connectivity index (χ4v) is 14.1. The van der Waals surface area contributed by atoms with Gasteiger partial charge in [0.05, 0.1) is 0 Å². The number of anilines is 3. The maximum Gasteiger partial charge on any atom is 0.0465 e. The predicted molar refractivity (Wildman–Crippen MR) is 220 cm³/mol. The molecule has 1 aliphatic heterocycles. The lowest BCUT2D eigenvalue weighted by Gasteiger charge is -2.63. The maximum atomic E-state index is 2.70. The smallest absolute Gasteiger partial charge is 0.0465 e. The molecule has 1 spiro atoms. The first-order chi connectivity index (χ1) is 24.7. The Morgan fingerprint density at radius 3 is 1.38 bits per heavy atom. The van der Waals surface area contributed by atoms with Crippen molar-refractivity contribution < 1.29 is 0 Å². The average Bonchev–Trinajstić information content (AvgIpc) is 3.10. The Morgan fingerprint density at radius 1 is 0.442 bits per heavy atom. The SMILES string of the molecule is CC1(C)CCC(C)(C)c2cc(N(c3ccc4c(c3)C(C)(C)CCC4(C)C)c3ccc4c(c3)C3(c5ccccc5S4)C4CC5CC(C4)CC3C5)ccc21. The number of fused-ring (bicyclic) bond motifs is 4. The highest BCUT2D eigenvalue weighted by Gasteiger charge is 2.60. The van der Waals surface area contributed by atoms with Gasteiger partial charge in [0, 0.05) is 32.3 Å². The molecule has 0 amide bonds. The zero-order chi connectivity index (χ0) is 36.0. The molecule has 6 aliphatic carbocycles. The molecule has 1 nitrogen and oxygen atoms in total. The largest absolute Gasteiger partial charge is 0.310 e. The molecule has 52 heavy (non-hydrogen) atoms. The minimum absolute atomic E-state index is 0.121. The van der Waals surface area contributed by atoms with Crippen molar-refractivity contribution >= 4 is 28.8 Å². The van der Waals surface area contributed by atoms with Crippen molar-refractivity contribution in [1.29, 1.82) is 0 Å². The molecular weight excluding hydrogens is 647 g/mol. The van der Waals surface area contributed by atoms with Crippen molar-refractivity contribution in [3.8, 4) is 0 Å². The molecule has 1 heterocycles. The second-order valence-electron chi connectivity index (χ2n) is 20.8. The number of benzene rings is 4. The molecule has 2 heteroatoms. The maximum absolute atomic E-state index is 2.70. The van der Waals surface area contributed by atoms with Gasteiger partial charge in [0.15, 0.2) is 0 Å². The van der Waals surface area contributed by atoms with Crippen LogP contribution in [0.4, 0.5) is 17.1 Å². The molecule has 4 aromatic carbocycles. The minimum atomic E-state index is 0.121. The monoisotopic (exact) mass is 705 g/mol. The minimum Gasteiger partial charge on any atom is -0.310 e. The lowest BCUT2D eigenvalue weighted by atomic mass is 9.42. The summed E-state index contributed by atoms with van der Waals surface area (Å²) in [5.41, 5.74) is 14.1. The highest BCUT2D eigenvalue weighted by atomic mass is 32.2. The topological polar surface area (TPSA) is 3.24 Å². The molecule has 0 saturated heterocycles. The zero-order valence-electron chi connectivity index (χ0n) is 33.0. The molecule has 0 radical (unpaired) electrons. The van der Waals surface area contributed by atoms with Gasteiger partial charge in [-0.05, 0) is 185 Å². The first-order valence-corrected chi connectivity index (χ1v) is 21.5. The van der Waals surface area contributed by atoms with Gasteiger partial charge in [-0.3, -0.25) is 0 Å². The quantitative estimate of drug-likeness (QED) is 0.209. The summed E-state index contributed by atoms with van der Waals surface area (Å²) in [6, 6.07) is 32.3. The standard InChI is InChI=1S/C50H59NS/c1-46(2)19-21-48(5,6)41-28-35(13-16-38(41)46)51(36-14-17-39-42(29-36)49(7,8)22-20-47(39,3)4)37-15-18-45-43(30-37)50(40-11-9-10-12-44(40)52-45)33-24-31-23-32(26-33)27-34(50)25-31/h9-18,28-34H,19-27H2,1-8H3. The molecule has 0 unspecified atom stereocenters. The molecule has 4 saturated carbocycles. The van der Waals surface area contributed by atoms with Crippen LogP contribution in [0.1, 0.15) is 147 Å². The first kappa shape index (κ1) is 33.6. The summed E-state index contributed by atoms with van der Waals surface area (Å²) in [6.45, 7) is 19.7. The van der Waals surface area contributed by atoms with E-state index < -0.39 is 0 Å². The van der Waals surface area contributed by atoms with E-state index in [0.29, 0.717) is 0 Å². The third-order valence-corrected chi connectivity index (χ3v) is 17.0. The van der Waals surface area contributed by atoms with Gasteiger partial charge in [-0.25, -0.2) is 0 Å². The van der Waals surface area contributed by atoms with Crippen molar-refractivity contribution in [3.05, 3.63) is 112 Å². The van der Waals surface area contributed by atoms with Crippen LogP contribution in [-0.2, 0) is 27.1 Å². The summed E-state index contributed by atoms with van der Waals surface area (Å²) in [5, 5.41) is 0. The molecule has 0 N–H and O–H groups in total. The van der Waals surface area contributed by atoms with Gasteiger partial charge in [0.2, 0.25) is 0 Å². The van der Waals surface area contributed by atoms with Crippen LogP contribution in [0, 0.1) is 23.7 Å². The van der Waals surface area contributed by atoms with Crippen LogP contribution < -0.4 is 4.90 Å². The Morgan fingerprint density at radius 2 is 0.865 bits per heavy atom. The Bertz CT molecular complexity index is 2000. The second-order valence-corrected chi connectivity index (χ2v) is 21.9. The fraction of sp³-hybridized carbons (Fsp3) is 0.520. The summed E-state index contributed by atoms with van der Waals surface area (Å²) >= 11 is 2.03. The average molecular weight is 706 g/mol. The van der Waals surface area contributed by atoms with Crippen LogP contribution in [0.15, 0.2) is 88.7 Å². The van der Waals surface area contributed by atoms with Gasteiger partial charge in [0.25, 0.3) is 0 Å². The lowest BCUT2D eigenvalue weighted by molar-refractivity contribution is -0.0443. The summed E-state index contributed by atoms with van der Waals surface area (Å²) in [5.74, 6) is 3.35. The third kappa shape index (κ3) is 4.74. The van der Waals surface area contributed by atoms with Crippen LogP contribution in [0.5, 0.6) is 0 Å². The normalized spacial score (nSPS) is 30.6. The Kier molecular flexibility index (Phi) is 7.14. The molecular formula is C50H59NS. The number of hydrogen-bond donors (Lipinski definition) is 0. The van der Waals surface area contributed by atoms with Crippen molar-refractivity contribution in [3.63, 3.8) is 0 Å². The highest BCUT2D eigenvalue weighted by Crippen LogP contribution is 2.69. The van der Waals surface area contributed by atoms with Gasteiger partial charge in [0.1, 0.15) is 0 Å². The number of hydrogen-bond acceptors (Lipinski definition) is 2. The van der Waals surface area contributed by atoms with E-state index in [1.165, 1.54) is 107 Å². The van der Waals surface area contributed by atoms with Crippen LogP contribution in [0.25, 0.3) is 0 Å². The molecule has 4 aromatic rings. The van der Waals surface area contributed by atoms with Crippen LogP contribution >= 0.6 is 11.8 Å². The van der Waals surface area contributed by atoms with Crippen molar-refractivity contribution in [2.75, 3.05) is 4.90 Å². The Balaban J connectivity index is 1.20. The third-order valence-electron chi connectivity index (χ3n) is 15.8. The molecule has 270 valence electrons. The van der Waals surface area contributed by atoms with E-state index in [-0.39, 0.29) is 27.1 Å². The molecule has 4 fully saturated rings. The molecule has 7 aliphatic rings. The van der Waals surface area contributed by atoms with Crippen LogP contribution in [-0.4, -0.2) is 0 Å². The number of rotatable bonds is 3. The van der Waals surface area contributed by atoms with Gasteiger partial charge in [-0.15, -0.1) is 0 Å². The summed E-state index contributed by atoms with van der Waals surface area (Å²) in [4.78, 5) is 5.66. The van der Waals surface area contributed by atoms with E-state index >= 15 is 0 Å². The lowest BCUT2D eigenvalue weighted by Crippen LogP contribution is -2.57. The zero-order valence-corrected chi connectivity index (χ0v) is 33.9. The Labute approximate surface area is 318 Å². The molecule has 11 rings (SSSR count). The highest BCUT2D eigenvalue weighted by molar-refractivity contribution is 7.99. The summed E-state index contributed by atoms with van der Waals surface area (Å²) < 4.78 is 0. The van der Waals surface area contributed by atoms with E-state index in [2.05, 4.69) is 139 Å². The number of nitrogens with zero attached hydrogens (tertiary/aromatic N) is 1. The fourth-order valence-electron chi connectivity index (χ4n) is 12.9. The summed E-state index contributed by atoms with van der Waals surface area (Å²) in [6.07, 6.45) is 12.0. The van der Waals surface area contributed by atoms with Gasteiger partial charge in [-0.1, -0.05) is 97.5 Å². The van der Waals surface area contributed by atoms with Crippen molar-refractivity contribution in [2.24, 2.45) is 23.7 Å². The predicted octanol–water partition coefficient (Wildman–Crippen LogP) is 14.1. The molecule has 0 atom stereocenters. The van der Waals surface area contributed by atoms with Crippen LogP contribution in [0.2, 0.25) is 0 Å². The van der Waals surface area contributed by atoms with E-state index in [4.69, 9.17) is 0 Å². The van der Waals surface area contributed by atoms with Gasteiger partial charge in [-0.2, -0.15) is 0 Å². The Hall–Kier alpha value is -2.97. The van der Waals surface area contributed by atoms with Crippen molar-refractivity contribution in [2.45, 2.75) is 150 Å². The second kappa shape index (κ2) is 11.1. The van der Waals surface area contributed by atoms with E-state index in [9.17, 15) is 0 Å². The van der Waals surface area contributed by atoms with E-state index in [1.54, 1.807) is 11.1 Å². The van der Waals surface area contributed by atoms with E-state index in [0.717, 1.165) is 23.7 Å². The first-order valence-electron chi connectivity index (χ1n) is 20.7. The summed E-state index contributed by atoms with van der Waals surface area (Å²) in [7, 11) is 0. The molecule has 0 aromatic heterocycles. The van der Waals surface area contributed by atoms with Gasteiger partial charge >= 0.3 is 0 Å². The van der Waals surface area contributed by atoms with Gasteiger partial charge < -0.3 is 4.90 Å². The molecule has 4 bridgehead atoms. The van der Waals surface area contributed by atoms with E-state index in [1.807, 2.05) is 11.8 Å². The van der Waals surface area contributed by atoms with Crippen molar-refractivity contribution in [1.82, 2.24) is 0 Å². The van der Waals surface area contributed by atoms with Crippen LogP contribution in [0.3, 0.4) is 0 Å².